The molecule has 0 N–H and O–H groups in total. The van der Waals surface area contributed by atoms with Crippen LogP contribution in [0.5, 0.6) is 5.75 Å². The summed E-state index contributed by atoms with van der Waals surface area (Å²) in [5.74, 6) is -0.925. The summed E-state index contributed by atoms with van der Waals surface area (Å²) in [6.45, 7) is 6.62. The van der Waals surface area contributed by atoms with Crippen molar-refractivity contribution < 1.29 is 23.8 Å². The summed E-state index contributed by atoms with van der Waals surface area (Å²) in [6, 6.07) is 12.4. The highest BCUT2D eigenvalue weighted by Gasteiger charge is 2.28. The fourth-order valence-electron chi connectivity index (χ4n) is 3.12. The van der Waals surface area contributed by atoms with Gasteiger partial charge in [0, 0.05) is 0 Å². The van der Waals surface area contributed by atoms with E-state index in [4.69, 9.17) is 14.2 Å². The quantitative estimate of drug-likeness (QED) is 0.314. The number of benzene rings is 2. The number of carbonyl (C=O) groups excluding carboxylic acids is 2. The summed E-state index contributed by atoms with van der Waals surface area (Å²) < 4.78 is 15.9. The topological polar surface area (TPSA) is 61.8 Å². The normalized spacial score (nSPS) is 10.9. The van der Waals surface area contributed by atoms with E-state index in [0.717, 1.165) is 36.0 Å². The van der Waals surface area contributed by atoms with E-state index in [1.165, 1.54) is 5.39 Å². The van der Waals surface area contributed by atoms with E-state index in [0.29, 0.717) is 13.0 Å². The third-order valence-corrected chi connectivity index (χ3v) is 4.58. The molecular weight excluding hydrogens is 356 g/mol. The molecule has 2 rings (SSSR count). The lowest BCUT2D eigenvalue weighted by Crippen LogP contribution is -2.28. The highest BCUT2D eigenvalue weighted by atomic mass is 16.6. The number of esters is 2. The Labute approximate surface area is 167 Å². The first-order valence-corrected chi connectivity index (χ1v) is 10.0. The van der Waals surface area contributed by atoms with Crippen LogP contribution in [0.25, 0.3) is 10.8 Å². The number of carbonyl (C=O) groups is 2. The van der Waals surface area contributed by atoms with Crippen LogP contribution in [0.2, 0.25) is 0 Å². The van der Waals surface area contributed by atoms with Gasteiger partial charge in [0.1, 0.15) is 5.75 Å². The van der Waals surface area contributed by atoms with Crippen molar-refractivity contribution >= 4 is 22.7 Å². The summed E-state index contributed by atoms with van der Waals surface area (Å²) in [5, 5.41) is 2.37. The van der Waals surface area contributed by atoms with E-state index < -0.39 is 17.9 Å². The van der Waals surface area contributed by atoms with Gasteiger partial charge in [-0.05, 0) is 62.1 Å². The van der Waals surface area contributed by atoms with Gasteiger partial charge in [0.2, 0.25) is 0 Å². The molecule has 5 nitrogen and oxygen atoms in total. The molecule has 0 saturated carbocycles. The van der Waals surface area contributed by atoms with Crippen LogP contribution in [0.4, 0.5) is 0 Å². The monoisotopic (exact) mass is 386 g/mol. The first-order valence-electron chi connectivity index (χ1n) is 10.0. The Kier molecular flexibility index (Phi) is 8.79. The minimum atomic E-state index is -0.830. The maximum atomic E-state index is 12.0. The summed E-state index contributed by atoms with van der Waals surface area (Å²) in [7, 11) is 0. The van der Waals surface area contributed by atoms with Gasteiger partial charge >= 0.3 is 11.9 Å². The fourth-order valence-corrected chi connectivity index (χ4v) is 3.12. The van der Waals surface area contributed by atoms with Crippen molar-refractivity contribution in [2.75, 3.05) is 19.8 Å². The highest BCUT2D eigenvalue weighted by Crippen LogP contribution is 2.25. The molecule has 0 radical (unpaired) electrons. The van der Waals surface area contributed by atoms with Crippen LogP contribution >= 0.6 is 0 Å². The molecule has 0 aliphatic carbocycles. The van der Waals surface area contributed by atoms with Crippen molar-refractivity contribution in [1.82, 2.24) is 0 Å². The van der Waals surface area contributed by atoms with Crippen LogP contribution in [0, 0.1) is 12.8 Å². The Balaban J connectivity index is 1.78. The Morgan fingerprint density at radius 2 is 1.50 bits per heavy atom. The predicted octanol–water partition coefficient (Wildman–Crippen LogP) is 4.83. The van der Waals surface area contributed by atoms with Crippen LogP contribution in [0.3, 0.4) is 0 Å². The number of fused-ring (bicyclic) bond motifs is 1. The van der Waals surface area contributed by atoms with E-state index in [-0.39, 0.29) is 13.2 Å². The number of aryl methyl sites for hydroxylation is 1. The average molecular weight is 386 g/mol. The molecule has 0 bridgehead atoms. The average Bonchev–Trinajstić information content (AvgIpc) is 2.67. The third-order valence-electron chi connectivity index (χ3n) is 4.58. The Bertz CT molecular complexity index is 766. The lowest BCUT2D eigenvalue weighted by Gasteiger charge is -2.14. The Morgan fingerprint density at radius 1 is 0.893 bits per heavy atom. The van der Waals surface area contributed by atoms with Gasteiger partial charge in [0.15, 0.2) is 5.92 Å². The minimum Gasteiger partial charge on any atom is -0.493 e. The van der Waals surface area contributed by atoms with Gasteiger partial charge < -0.3 is 14.2 Å². The van der Waals surface area contributed by atoms with Crippen molar-refractivity contribution in [2.24, 2.45) is 5.92 Å². The number of hydrogen-bond acceptors (Lipinski definition) is 5. The summed E-state index contributed by atoms with van der Waals surface area (Å²) >= 11 is 0. The maximum Gasteiger partial charge on any atom is 0.320 e. The van der Waals surface area contributed by atoms with E-state index in [2.05, 4.69) is 24.3 Å². The fraction of sp³-hybridized carbons (Fsp3) is 0.478. The maximum absolute atomic E-state index is 12.0. The molecule has 2 aromatic carbocycles. The summed E-state index contributed by atoms with van der Waals surface area (Å²) in [6.07, 6.45) is 2.89. The standard InChI is InChI=1S/C23H30O5/c1-4-26-22(24)20(23(25)27-5-2)13-7-6-10-14-28-21-16-19-12-9-8-11-18(19)15-17(21)3/h8-9,11-12,15-16,20H,4-7,10,13-14H2,1-3H3. The van der Waals surface area contributed by atoms with Gasteiger partial charge in [0.05, 0.1) is 19.8 Å². The lowest BCUT2D eigenvalue weighted by molar-refractivity contribution is -0.161. The van der Waals surface area contributed by atoms with E-state index in [9.17, 15) is 9.59 Å². The molecule has 0 unspecified atom stereocenters. The van der Waals surface area contributed by atoms with Crippen LogP contribution in [0.1, 0.15) is 45.1 Å². The second-order valence-corrected chi connectivity index (χ2v) is 6.72. The van der Waals surface area contributed by atoms with E-state index in [1.807, 2.05) is 19.1 Å². The minimum absolute atomic E-state index is 0.258. The molecule has 0 fully saturated rings. The molecule has 0 spiro atoms. The zero-order valence-corrected chi connectivity index (χ0v) is 17.0. The largest absolute Gasteiger partial charge is 0.493 e. The molecule has 2 aromatic rings. The van der Waals surface area contributed by atoms with Crippen molar-refractivity contribution in [1.29, 1.82) is 0 Å². The molecule has 0 aliphatic heterocycles. The first kappa shape index (κ1) is 21.7. The van der Waals surface area contributed by atoms with E-state index >= 15 is 0 Å². The Morgan fingerprint density at radius 3 is 2.11 bits per heavy atom. The van der Waals surface area contributed by atoms with Crippen LogP contribution in [-0.4, -0.2) is 31.8 Å². The van der Waals surface area contributed by atoms with Gasteiger partial charge in [-0.3, -0.25) is 9.59 Å². The third kappa shape index (κ3) is 6.25. The SMILES string of the molecule is CCOC(=O)C(CCCCCOc1cc2ccccc2cc1C)C(=O)OCC. The molecule has 5 heteroatoms. The molecule has 28 heavy (non-hydrogen) atoms. The number of hydrogen-bond donors (Lipinski definition) is 0. The second kappa shape index (κ2) is 11.3. The zero-order chi connectivity index (χ0) is 20.4. The predicted molar refractivity (Wildman–Crippen MR) is 109 cm³/mol. The molecule has 0 aromatic heterocycles. The molecule has 0 atom stereocenters. The number of unbranched alkanes of at least 4 members (excludes halogenated alkanes) is 2. The smallest absolute Gasteiger partial charge is 0.320 e. The van der Waals surface area contributed by atoms with Crippen LogP contribution in [-0.2, 0) is 19.1 Å². The van der Waals surface area contributed by atoms with Crippen LogP contribution < -0.4 is 4.74 Å². The number of ether oxygens (including phenoxy) is 3. The van der Waals surface area contributed by atoms with Crippen molar-refractivity contribution in [3.63, 3.8) is 0 Å². The number of rotatable bonds is 11. The summed E-state index contributed by atoms with van der Waals surface area (Å²) in [5.41, 5.74) is 1.11. The van der Waals surface area contributed by atoms with Gasteiger partial charge in [0.25, 0.3) is 0 Å². The van der Waals surface area contributed by atoms with Crippen LogP contribution in [0.15, 0.2) is 36.4 Å². The Hall–Kier alpha value is -2.56. The molecule has 0 saturated heterocycles. The first-order chi connectivity index (χ1) is 13.6. The zero-order valence-electron chi connectivity index (χ0n) is 17.0. The molecule has 152 valence electrons. The molecule has 0 aliphatic rings. The van der Waals surface area contributed by atoms with Gasteiger partial charge in [-0.2, -0.15) is 0 Å². The van der Waals surface area contributed by atoms with Crippen molar-refractivity contribution in [2.45, 2.75) is 46.5 Å². The summed E-state index contributed by atoms with van der Waals surface area (Å²) in [4.78, 5) is 23.9. The molecule has 0 amide bonds. The molecular formula is C23H30O5. The lowest BCUT2D eigenvalue weighted by atomic mass is 10.0. The second-order valence-electron chi connectivity index (χ2n) is 6.72. The highest BCUT2D eigenvalue weighted by molar-refractivity contribution is 5.94. The van der Waals surface area contributed by atoms with Gasteiger partial charge in [-0.25, -0.2) is 0 Å². The molecule has 0 heterocycles. The van der Waals surface area contributed by atoms with E-state index in [1.54, 1.807) is 13.8 Å². The van der Waals surface area contributed by atoms with Gasteiger partial charge in [-0.15, -0.1) is 0 Å². The van der Waals surface area contributed by atoms with Crippen molar-refractivity contribution in [3.8, 4) is 5.75 Å². The van der Waals surface area contributed by atoms with Gasteiger partial charge in [-0.1, -0.05) is 37.1 Å². The van der Waals surface area contributed by atoms with Crippen molar-refractivity contribution in [3.05, 3.63) is 42.0 Å².